The second-order valence-electron chi connectivity index (χ2n) is 2.58. The molecule has 0 fully saturated rings. The average molecular weight is 404 g/mol. The van der Waals surface area contributed by atoms with Gasteiger partial charge < -0.3 is 9.84 Å². The van der Waals surface area contributed by atoms with Crippen LogP contribution in [0, 0.1) is 3.57 Å². The molecule has 1 N–H and O–H groups in total. The number of alkyl halides is 3. The minimum atomic E-state index is -5.12. The minimum Gasteiger partial charge on any atom is -0.505 e. The van der Waals surface area contributed by atoms with Gasteiger partial charge in [0, 0.05) is 10.7 Å². The highest BCUT2D eigenvalue weighted by molar-refractivity contribution is 14.1. The maximum Gasteiger partial charge on any atom is 0.574 e. The molecule has 11 heteroatoms. The Hall–Kier alpha value is -0.490. The van der Waals surface area contributed by atoms with E-state index < -0.39 is 35.5 Å². The molecule has 0 atom stereocenters. The van der Waals surface area contributed by atoms with Crippen molar-refractivity contribution in [2.45, 2.75) is 11.3 Å². The summed E-state index contributed by atoms with van der Waals surface area (Å²) in [7, 11) is 0.397. The minimum absolute atomic E-state index is 0.410. The van der Waals surface area contributed by atoms with Crippen LogP contribution in [0.3, 0.4) is 0 Å². The third kappa shape index (κ3) is 3.74. The van der Waals surface area contributed by atoms with Crippen LogP contribution in [0.1, 0.15) is 0 Å². The van der Waals surface area contributed by atoms with Gasteiger partial charge in [0.2, 0.25) is 5.88 Å². The molecule has 96 valence electrons. The van der Waals surface area contributed by atoms with Gasteiger partial charge >= 0.3 is 6.36 Å². The molecule has 1 aromatic heterocycles. The number of hydrogen-bond donors (Lipinski definition) is 1. The molecule has 5 nitrogen and oxygen atoms in total. The zero-order chi connectivity index (χ0) is 13.4. The summed E-state index contributed by atoms with van der Waals surface area (Å²) in [5, 5.41) is 9.16. The van der Waals surface area contributed by atoms with Crippen molar-refractivity contribution in [2.75, 3.05) is 0 Å². The Morgan fingerprint density at radius 2 is 2.00 bits per heavy atom. The van der Waals surface area contributed by atoms with Crippen molar-refractivity contribution in [2.24, 2.45) is 0 Å². The van der Waals surface area contributed by atoms with E-state index in [1.165, 1.54) is 22.6 Å². The van der Waals surface area contributed by atoms with E-state index in [4.69, 9.17) is 15.8 Å². The Balaban J connectivity index is 3.47. The van der Waals surface area contributed by atoms with E-state index in [1.807, 2.05) is 0 Å². The first-order valence-electron chi connectivity index (χ1n) is 3.60. The molecule has 1 aromatic rings. The molecule has 0 aliphatic carbocycles. The lowest BCUT2D eigenvalue weighted by molar-refractivity contribution is -0.277. The van der Waals surface area contributed by atoms with Crippen LogP contribution >= 0.6 is 33.3 Å². The number of nitrogens with zero attached hydrogens (tertiary/aromatic N) is 1. The first kappa shape index (κ1) is 14.6. The summed E-state index contributed by atoms with van der Waals surface area (Å²) in [6, 6.07) is 0. The monoisotopic (exact) mass is 403 g/mol. The third-order valence-corrected chi connectivity index (χ3v) is 4.17. The molecule has 0 spiro atoms. The predicted octanol–water partition coefficient (Wildman–Crippen LogP) is 2.22. The van der Waals surface area contributed by atoms with Crippen molar-refractivity contribution in [1.29, 1.82) is 0 Å². The number of aromatic nitrogens is 1. The molecule has 0 amide bonds. The fourth-order valence-electron chi connectivity index (χ4n) is 0.839. The lowest BCUT2D eigenvalue weighted by atomic mass is 10.4. The van der Waals surface area contributed by atoms with Crippen molar-refractivity contribution in [3.63, 3.8) is 0 Å². The first-order chi connectivity index (χ1) is 7.52. The molecular formula is C6H2ClF3INO4S. The Morgan fingerprint density at radius 3 is 2.41 bits per heavy atom. The SMILES string of the molecule is O=S(=O)(Cl)c1c(OC(F)(F)F)ncc(O)c1I. The van der Waals surface area contributed by atoms with Gasteiger partial charge in [-0.15, -0.1) is 13.2 Å². The standard InChI is InChI=1S/C6H2ClF3INO4S/c7-17(14,15)4-3(11)2(13)1-12-5(4)16-6(8,9)10/h1,13H. The van der Waals surface area contributed by atoms with Gasteiger partial charge in [0.05, 0.1) is 9.77 Å². The smallest absolute Gasteiger partial charge is 0.505 e. The molecule has 0 radical (unpaired) electrons. The topological polar surface area (TPSA) is 76.5 Å². The van der Waals surface area contributed by atoms with Crippen LogP contribution in [0.25, 0.3) is 0 Å². The highest BCUT2D eigenvalue weighted by atomic mass is 127. The molecule has 0 saturated carbocycles. The highest BCUT2D eigenvalue weighted by Crippen LogP contribution is 2.36. The molecule has 0 saturated heterocycles. The number of pyridine rings is 1. The third-order valence-electron chi connectivity index (χ3n) is 1.38. The lowest BCUT2D eigenvalue weighted by Crippen LogP contribution is -2.19. The maximum atomic E-state index is 12.0. The summed E-state index contributed by atoms with van der Waals surface area (Å²) in [4.78, 5) is 2.00. The van der Waals surface area contributed by atoms with Crippen LogP contribution in [0.2, 0.25) is 0 Å². The molecule has 0 aliphatic rings. The normalized spacial score (nSPS) is 12.5. The van der Waals surface area contributed by atoms with Crippen molar-refractivity contribution in [1.82, 2.24) is 4.98 Å². The Labute approximate surface area is 111 Å². The number of halogens is 5. The summed E-state index contributed by atoms with van der Waals surface area (Å²) in [5.74, 6) is -1.87. The predicted molar refractivity (Wildman–Crippen MR) is 58.3 cm³/mol. The summed E-state index contributed by atoms with van der Waals surface area (Å²) in [6.07, 6.45) is -4.50. The Bertz CT molecular complexity index is 547. The van der Waals surface area contributed by atoms with E-state index in [1.54, 1.807) is 0 Å². The molecule has 0 bridgehead atoms. The van der Waals surface area contributed by atoms with Crippen LogP contribution in [-0.4, -0.2) is 24.9 Å². The van der Waals surface area contributed by atoms with E-state index in [0.717, 1.165) is 0 Å². The number of hydrogen-bond acceptors (Lipinski definition) is 5. The maximum absolute atomic E-state index is 12.0. The quantitative estimate of drug-likeness (QED) is 0.605. The van der Waals surface area contributed by atoms with Crippen LogP contribution < -0.4 is 4.74 Å². The first-order valence-corrected chi connectivity index (χ1v) is 6.99. The number of ether oxygens (including phenoxy) is 1. The zero-order valence-electron chi connectivity index (χ0n) is 7.49. The fourth-order valence-corrected chi connectivity index (χ4v) is 3.52. The molecule has 17 heavy (non-hydrogen) atoms. The van der Waals surface area contributed by atoms with Crippen molar-refractivity contribution in [3.05, 3.63) is 9.77 Å². The molecule has 0 aliphatic heterocycles. The zero-order valence-corrected chi connectivity index (χ0v) is 11.2. The Kier molecular flexibility index (Phi) is 3.98. The van der Waals surface area contributed by atoms with Gasteiger partial charge in [-0.3, -0.25) is 0 Å². The van der Waals surface area contributed by atoms with Gasteiger partial charge in [-0.05, 0) is 22.6 Å². The highest BCUT2D eigenvalue weighted by Gasteiger charge is 2.36. The second kappa shape index (κ2) is 4.65. The average Bonchev–Trinajstić information content (AvgIpc) is 2.06. The second-order valence-corrected chi connectivity index (χ2v) is 6.16. The summed E-state index contributed by atoms with van der Waals surface area (Å²) in [6.45, 7) is 0. The largest absolute Gasteiger partial charge is 0.574 e. The number of rotatable bonds is 2. The van der Waals surface area contributed by atoms with Gasteiger partial charge in [0.25, 0.3) is 9.05 Å². The molecule has 0 unspecified atom stereocenters. The van der Waals surface area contributed by atoms with Gasteiger partial charge in [0.1, 0.15) is 5.75 Å². The lowest BCUT2D eigenvalue weighted by Gasteiger charge is -2.11. The van der Waals surface area contributed by atoms with Crippen LogP contribution in [0.4, 0.5) is 13.2 Å². The van der Waals surface area contributed by atoms with E-state index in [0.29, 0.717) is 6.20 Å². The van der Waals surface area contributed by atoms with Gasteiger partial charge in [-0.25, -0.2) is 13.4 Å². The van der Waals surface area contributed by atoms with Gasteiger partial charge in [-0.2, -0.15) is 0 Å². The Morgan fingerprint density at radius 1 is 1.47 bits per heavy atom. The van der Waals surface area contributed by atoms with E-state index in [9.17, 15) is 21.6 Å². The van der Waals surface area contributed by atoms with E-state index in [2.05, 4.69) is 9.72 Å². The van der Waals surface area contributed by atoms with Crippen molar-refractivity contribution in [3.8, 4) is 11.6 Å². The summed E-state index contributed by atoms with van der Waals surface area (Å²) >= 11 is 1.31. The molecule has 0 aromatic carbocycles. The van der Waals surface area contributed by atoms with Gasteiger partial charge in [-0.1, -0.05) is 0 Å². The fraction of sp³-hybridized carbons (Fsp3) is 0.167. The van der Waals surface area contributed by atoms with E-state index >= 15 is 0 Å². The summed E-state index contributed by atoms with van der Waals surface area (Å²) in [5.41, 5.74) is 0. The van der Waals surface area contributed by atoms with Crippen molar-refractivity contribution < 1.29 is 31.4 Å². The molecular weight excluding hydrogens is 401 g/mol. The van der Waals surface area contributed by atoms with E-state index in [-0.39, 0.29) is 0 Å². The summed E-state index contributed by atoms with van der Waals surface area (Å²) < 4.78 is 61.1. The van der Waals surface area contributed by atoms with Crippen molar-refractivity contribution >= 4 is 42.3 Å². The van der Waals surface area contributed by atoms with Crippen LogP contribution in [0.15, 0.2) is 11.1 Å². The molecule has 1 heterocycles. The van der Waals surface area contributed by atoms with Crippen LogP contribution in [0.5, 0.6) is 11.6 Å². The molecule has 1 rings (SSSR count). The van der Waals surface area contributed by atoms with Crippen LogP contribution in [-0.2, 0) is 9.05 Å². The number of aromatic hydroxyl groups is 1. The van der Waals surface area contributed by atoms with Gasteiger partial charge in [0.15, 0.2) is 4.90 Å².